The first-order valence-electron chi connectivity index (χ1n) is 8.13. The summed E-state index contributed by atoms with van der Waals surface area (Å²) in [6, 6.07) is 6.56. The molecule has 130 valence electrons. The number of aryl methyl sites for hydroxylation is 2. The molecule has 1 atom stereocenters. The zero-order valence-corrected chi connectivity index (χ0v) is 14.7. The van der Waals surface area contributed by atoms with Gasteiger partial charge < -0.3 is 15.2 Å². The van der Waals surface area contributed by atoms with Gasteiger partial charge >= 0.3 is 0 Å². The average molecular weight is 332 g/mol. The summed E-state index contributed by atoms with van der Waals surface area (Å²) in [5.41, 5.74) is 3.16. The van der Waals surface area contributed by atoms with Gasteiger partial charge in [0.2, 0.25) is 0 Å². The molecule has 0 spiro atoms. The highest BCUT2D eigenvalue weighted by Gasteiger charge is 2.16. The minimum atomic E-state index is -0.211. The van der Waals surface area contributed by atoms with Crippen molar-refractivity contribution in [2.75, 3.05) is 20.1 Å². The highest BCUT2D eigenvalue weighted by Crippen LogP contribution is 2.22. The Hall–Kier alpha value is -2.37. The molecule has 5 nitrogen and oxygen atoms in total. The summed E-state index contributed by atoms with van der Waals surface area (Å²) in [7, 11) is 1.74. The first-order valence-corrected chi connectivity index (χ1v) is 8.13. The summed E-state index contributed by atoms with van der Waals surface area (Å²) in [5.74, 6) is 1.67. The minimum Gasteiger partial charge on any atom is -0.361 e. The van der Waals surface area contributed by atoms with Gasteiger partial charge in [-0.1, -0.05) is 24.2 Å². The lowest BCUT2D eigenvalue weighted by Crippen LogP contribution is -2.40. The molecule has 6 heteroatoms. The van der Waals surface area contributed by atoms with E-state index in [1.807, 2.05) is 13.8 Å². The largest absolute Gasteiger partial charge is 0.361 e. The van der Waals surface area contributed by atoms with Crippen molar-refractivity contribution in [3.05, 3.63) is 52.7 Å². The Morgan fingerprint density at radius 1 is 1.25 bits per heavy atom. The summed E-state index contributed by atoms with van der Waals surface area (Å²) in [6.07, 6.45) is 0.806. The Kier molecular flexibility index (Phi) is 6.35. The summed E-state index contributed by atoms with van der Waals surface area (Å²) in [5, 5.41) is 10.6. The van der Waals surface area contributed by atoms with E-state index in [0.29, 0.717) is 0 Å². The maximum Gasteiger partial charge on any atom is 0.191 e. The summed E-state index contributed by atoms with van der Waals surface area (Å²) < 4.78 is 18.1. The van der Waals surface area contributed by atoms with Crippen molar-refractivity contribution >= 4 is 5.96 Å². The molecule has 1 aromatic carbocycles. The van der Waals surface area contributed by atoms with Crippen LogP contribution in [0, 0.1) is 19.7 Å². The van der Waals surface area contributed by atoms with Gasteiger partial charge in [-0.3, -0.25) is 4.99 Å². The van der Waals surface area contributed by atoms with Gasteiger partial charge in [-0.05, 0) is 38.0 Å². The zero-order valence-electron chi connectivity index (χ0n) is 14.7. The second-order valence-corrected chi connectivity index (χ2v) is 5.90. The normalized spacial score (nSPS) is 13.0. The van der Waals surface area contributed by atoms with Crippen LogP contribution in [0.1, 0.15) is 35.4 Å². The minimum absolute atomic E-state index is 0.211. The molecule has 0 saturated carbocycles. The second-order valence-electron chi connectivity index (χ2n) is 5.90. The predicted octanol–water partition coefficient (Wildman–Crippen LogP) is 2.94. The lowest BCUT2D eigenvalue weighted by atomic mass is 10.00. The van der Waals surface area contributed by atoms with Crippen molar-refractivity contribution < 1.29 is 8.91 Å². The summed E-state index contributed by atoms with van der Waals surface area (Å²) in [4.78, 5) is 4.23. The third-order valence-corrected chi connectivity index (χ3v) is 4.00. The summed E-state index contributed by atoms with van der Waals surface area (Å²) >= 11 is 0. The Balaban J connectivity index is 1.79. The molecule has 0 amide bonds. The van der Waals surface area contributed by atoms with Gasteiger partial charge in [-0.25, -0.2) is 4.39 Å². The van der Waals surface area contributed by atoms with Crippen LogP contribution in [-0.4, -0.2) is 31.3 Å². The maximum atomic E-state index is 12.9. The second kappa shape index (κ2) is 8.47. The zero-order chi connectivity index (χ0) is 17.5. The van der Waals surface area contributed by atoms with Gasteiger partial charge in [0.1, 0.15) is 11.6 Å². The fourth-order valence-corrected chi connectivity index (χ4v) is 2.74. The highest BCUT2D eigenvalue weighted by atomic mass is 19.1. The Labute approximate surface area is 142 Å². The lowest BCUT2D eigenvalue weighted by molar-refractivity contribution is 0.391. The molecule has 2 N–H and O–H groups in total. The van der Waals surface area contributed by atoms with E-state index < -0.39 is 0 Å². The third-order valence-electron chi connectivity index (χ3n) is 4.00. The van der Waals surface area contributed by atoms with Crippen molar-refractivity contribution in [1.29, 1.82) is 0 Å². The molecular formula is C18H25FN4O. The summed E-state index contributed by atoms with van der Waals surface area (Å²) in [6.45, 7) is 7.48. The van der Waals surface area contributed by atoms with Crippen LogP contribution in [0.3, 0.4) is 0 Å². The highest BCUT2D eigenvalue weighted by molar-refractivity contribution is 5.79. The fourth-order valence-electron chi connectivity index (χ4n) is 2.74. The van der Waals surface area contributed by atoms with Crippen LogP contribution in [-0.2, 0) is 6.42 Å². The topological polar surface area (TPSA) is 62.5 Å². The number of nitrogens with zero attached hydrogens (tertiary/aromatic N) is 2. The molecule has 2 rings (SSSR count). The van der Waals surface area contributed by atoms with E-state index in [2.05, 4.69) is 27.7 Å². The molecular weight excluding hydrogens is 307 g/mol. The molecule has 0 aliphatic rings. The number of halogens is 1. The van der Waals surface area contributed by atoms with Gasteiger partial charge in [0.05, 0.1) is 5.69 Å². The number of aliphatic imine (C=N–C) groups is 1. The van der Waals surface area contributed by atoms with Crippen molar-refractivity contribution in [3.8, 4) is 0 Å². The lowest BCUT2D eigenvalue weighted by Gasteiger charge is -2.16. The Morgan fingerprint density at radius 2 is 1.96 bits per heavy atom. The van der Waals surface area contributed by atoms with Crippen LogP contribution < -0.4 is 10.6 Å². The van der Waals surface area contributed by atoms with E-state index in [0.717, 1.165) is 48.1 Å². The number of guanidine groups is 1. The molecule has 1 heterocycles. The van der Waals surface area contributed by atoms with E-state index in [-0.39, 0.29) is 11.7 Å². The van der Waals surface area contributed by atoms with Crippen LogP contribution in [0.4, 0.5) is 4.39 Å². The molecule has 24 heavy (non-hydrogen) atoms. The van der Waals surface area contributed by atoms with Crippen LogP contribution in [0.25, 0.3) is 0 Å². The molecule has 0 fully saturated rings. The number of nitrogens with one attached hydrogen (secondary N) is 2. The number of hydrogen-bond acceptors (Lipinski definition) is 3. The maximum absolute atomic E-state index is 12.9. The smallest absolute Gasteiger partial charge is 0.191 e. The van der Waals surface area contributed by atoms with Crippen LogP contribution in [0.5, 0.6) is 0 Å². The van der Waals surface area contributed by atoms with Crippen LogP contribution in [0.15, 0.2) is 33.8 Å². The van der Waals surface area contributed by atoms with Crippen molar-refractivity contribution in [1.82, 2.24) is 15.8 Å². The van der Waals surface area contributed by atoms with Crippen molar-refractivity contribution in [3.63, 3.8) is 0 Å². The molecule has 0 saturated heterocycles. The van der Waals surface area contributed by atoms with E-state index in [1.54, 1.807) is 19.2 Å². The number of aromatic nitrogens is 1. The van der Waals surface area contributed by atoms with Gasteiger partial charge in [0, 0.05) is 31.6 Å². The molecule has 0 aliphatic heterocycles. The standard InChI is InChI=1S/C18H25FN4O/c1-12(17-13(2)23-24-14(17)3)11-22-18(20-4)21-10-9-15-5-7-16(19)8-6-15/h5-8,12H,9-11H2,1-4H3,(H2,20,21,22). The molecule has 0 aliphatic carbocycles. The molecule has 0 bridgehead atoms. The van der Waals surface area contributed by atoms with E-state index in [4.69, 9.17) is 4.52 Å². The van der Waals surface area contributed by atoms with E-state index in [9.17, 15) is 4.39 Å². The average Bonchev–Trinajstić information content (AvgIpc) is 2.91. The van der Waals surface area contributed by atoms with E-state index >= 15 is 0 Å². The quantitative estimate of drug-likeness (QED) is 0.631. The molecule has 2 aromatic rings. The van der Waals surface area contributed by atoms with Gasteiger partial charge in [0.15, 0.2) is 5.96 Å². The van der Waals surface area contributed by atoms with Gasteiger partial charge in [-0.2, -0.15) is 0 Å². The number of rotatable bonds is 6. The number of benzene rings is 1. The third kappa shape index (κ3) is 4.81. The van der Waals surface area contributed by atoms with Gasteiger partial charge in [-0.15, -0.1) is 0 Å². The number of hydrogen-bond donors (Lipinski definition) is 2. The molecule has 0 radical (unpaired) electrons. The van der Waals surface area contributed by atoms with Crippen LogP contribution in [0.2, 0.25) is 0 Å². The molecule has 1 aromatic heterocycles. The van der Waals surface area contributed by atoms with Crippen molar-refractivity contribution in [2.45, 2.75) is 33.1 Å². The first-order chi connectivity index (χ1) is 11.5. The Morgan fingerprint density at radius 3 is 2.54 bits per heavy atom. The first kappa shape index (κ1) is 18.0. The molecule has 1 unspecified atom stereocenters. The predicted molar refractivity (Wildman–Crippen MR) is 93.9 cm³/mol. The SMILES string of the molecule is CN=C(NCCc1ccc(F)cc1)NCC(C)c1c(C)noc1C. The van der Waals surface area contributed by atoms with E-state index in [1.165, 1.54) is 12.1 Å². The van der Waals surface area contributed by atoms with Crippen molar-refractivity contribution in [2.24, 2.45) is 4.99 Å². The Bertz CT molecular complexity index is 659. The fraction of sp³-hybridized carbons (Fsp3) is 0.444. The monoisotopic (exact) mass is 332 g/mol. The van der Waals surface area contributed by atoms with Crippen LogP contribution >= 0.6 is 0 Å². The van der Waals surface area contributed by atoms with Gasteiger partial charge in [0.25, 0.3) is 0 Å².